The number of nitrogens with zero attached hydrogens (tertiary/aromatic N) is 2. The van der Waals surface area contributed by atoms with Crippen LogP contribution < -0.4 is 15.4 Å². The molecule has 0 aliphatic heterocycles. The molecule has 0 fully saturated rings. The molecule has 164 valence electrons. The van der Waals surface area contributed by atoms with Crippen LogP contribution in [0.5, 0.6) is 5.75 Å². The molecule has 1 atom stereocenters. The highest BCUT2D eigenvalue weighted by Gasteiger charge is 2.09. The summed E-state index contributed by atoms with van der Waals surface area (Å²) >= 11 is 0. The quantitative estimate of drug-likeness (QED) is 0.361. The van der Waals surface area contributed by atoms with Crippen molar-refractivity contribution in [2.24, 2.45) is 4.99 Å². The average molecular weight is 423 g/mol. The van der Waals surface area contributed by atoms with E-state index < -0.39 is 6.10 Å². The van der Waals surface area contributed by atoms with E-state index in [1.54, 1.807) is 6.26 Å². The Kier molecular flexibility index (Phi) is 8.06. The zero-order valence-electron chi connectivity index (χ0n) is 18.3. The lowest BCUT2D eigenvalue weighted by atomic mass is 10.1. The first kappa shape index (κ1) is 22.4. The van der Waals surface area contributed by atoms with E-state index in [-0.39, 0.29) is 6.61 Å². The lowest BCUT2D eigenvalue weighted by molar-refractivity contribution is 0.110. The van der Waals surface area contributed by atoms with E-state index in [1.165, 1.54) is 5.56 Å². The Labute approximate surface area is 183 Å². The summed E-state index contributed by atoms with van der Waals surface area (Å²) in [5, 5.41) is 16.5. The largest absolute Gasteiger partial charge is 0.491 e. The Bertz CT molecular complexity index is 982. The number of aliphatic hydroxyl groups excluding tert-OH is 1. The number of hydrogen-bond acceptors (Lipinski definition) is 5. The second kappa shape index (κ2) is 11.2. The molecular weight excluding hydrogens is 392 g/mol. The molecule has 1 heterocycles. The van der Waals surface area contributed by atoms with Crippen molar-refractivity contribution in [1.82, 2.24) is 15.6 Å². The van der Waals surface area contributed by atoms with Gasteiger partial charge >= 0.3 is 0 Å². The third kappa shape index (κ3) is 7.15. The molecule has 2 aromatic carbocycles. The lowest BCUT2D eigenvalue weighted by Crippen LogP contribution is -2.42. The van der Waals surface area contributed by atoms with Crippen molar-refractivity contribution in [3.63, 3.8) is 0 Å². The number of ether oxygens (including phenoxy) is 1. The van der Waals surface area contributed by atoms with Crippen LogP contribution >= 0.6 is 0 Å². The van der Waals surface area contributed by atoms with Crippen LogP contribution in [0.15, 0.2) is 64.2 Å². The molecule has 0 spiro atoms. The number of hydrogen-bond donors (Lipinski definition) is 3. The van der Waals surface area contributed by atoms with Crippen molar-refractivity contribution in [3.05, 3.63) is 71.6 Å². The first-order chi connectivity index (χ1) is 15.0. The van der Waals surface area contributed by atoms with Gasteiger partial charge in [-0.05, 0) is 50.6 Å². The summed E-state index contributed by atoms with van der Waals surface area (Å²) in [6, 6.07) is 15.8. The van der Waals surface area contributed by atoms with Gasteiger partial charge in [-0.1, -0.05) is 29.8 Å². The molecule has 1 unspecified atom stereocenters. The molecule has 3 aromatic rings. The maximum Gasteiger partial charge on any atom is 0.226 e. The summed E-state index contributed by atoms with van der Waals surface area (Å²) in [6.45, 7) is 7.60. The summed E-state index contributed by atoms with van der Waals surface area (Å²) in [6.07, 6.45) is 0.942. The molecule has 0 bridgehead atoms. The third-order valence-corrected chi connectivity index (χ3v) is 4.53. The van der Waals surface area contributed by atoms with Gasteiger partial charge in [-0.2, -0.15) is 0 Å². The van der Waals surface area contributed by atoms with Crippen molar-refractivity contribution < 1.29 is 14.3 Å². The van der Waals surface area contributed by atoms with Gasteiger partial charge in [0.05, 0.1) is 6.54 Å². The van der Waals surface area contributed by atoms with Gasteiger partial charge in [0.25, 0.3) is 0 Å². The Morgan fingerprint density at radius 2 is 1.94 bits per heavy atom. The summed E-state index contributed by atoms with van der Waals surface area (Å²) in [7, 11) is 0. The van der Waals surface area contributed by atoms with Gasteiger partial charge in [0, 0.05) is 18.7 Å². The summed E-state index contributed by atoms with van der Waals surface area (Å²) < 4.78 is 11.2. The van der Waals surface area contributed by atoms with E-state index in [4.69, 9.17) is 9.15 Å². The van der Waals surface area contributed by atoms with Crippen LogP contribution in [0.2, 0.25) is 0 Å². The lowest BCUT2D eigenvalue weighted by Gasteiger charge is -2.16. The number of nitrogens with one attached hydrogen (secondary N) is 2. The second-order valence-electron chi connectivity index (χ2n) is 7.37. The Hall–Kier alpha value is -3.32. The highest BCUT2D eigenvalue weighted by Crippen LogP contribution is 2.19. The minimum atomic E-state index is -0.676. The first-order valence-corrected chi connectivity index (χ1v) is 10.4. The van der Waals surface area contributed by atoms with Crippen molar-refractivity contribution in [2.75, 3.05) is 19.7 Å². The predicted octanol–water partition coefficient (Wildman–Crippen LogP) is 3.45. The summed E-state index contributed by atoms with van der Waals surface area (Å²) in [4.78, 5) is 9.04. The molecule has 0 amide bonds. The SMILES string of the molecule is CCNC(=NCc1coc(-c2ccc(C)cc2)n1)NCC(O)COc1cccc(C)c1. The normalized spacial score (nSPS) is 12.5. The topological polar surface area (TPSA) is 91.9 Å². The van der Waals surface area contributed by atoms with Crippen LogP contribution in [0, 0.1) is 13.8 Å². The minimum absolute atomic E-state index is 0.194. The first-order valence-electron chi connectivity index (χ1n) is 10.4. The van der Waals surface area contributed by atoms with E-state index in [0.29, 0.717) is 31.5 Å². The van der Waals surface area contributed by atoms with E-state index in [1.807, 2.05) is 69.3 Å². The van der Waals surface area contributed by atoms with Gasteiger partial charge in [-0.15, -0.1) is 0 Å². The number of aliphatic hydroxyl groups is 1. The highest BCUT2D eigenvalue weighted by molar-refractivity contribution is 5.79. The minimum Gasteiger partial charge on any atom is -0.491 e. The number of oxazole rings is 1. The summed E-state index contributed by atoms with van der Waals surface area (Å²) in [5.74, 6) is 1.92. The number of aromatic nitrogens is 1. The molecular formula is C24H30N4O3. The number of benzene rings is 2. The van der Waals surface area contributed by atoms with Gasteiger partial charge in [0.15, 0.2) is 5.96 Å². The fourth-order valence-corrected chi connectivity index (χ4v) is 2.88. The third-order valence-electron chi connectivity index (χ3n) is 4.53. The molecule has 0 aliphatic carbocycles. The van der Waals surface area contributed by atoms with Gasteiger partial charge in [-0.25, -0.2) is 9.98 Å². The van der Waals surface area contributed by atoms with Crippen molar-refractivity contribution in [2.45, 2.75) is 33.4 Å². The van der Waals surface area contributed by atoms with Gasteiger partial charge in [0.1, 0.15) is 30.4 Å². The monoisotopic (exact) mass is 422 g/mol. The average Bonchev–Trinajstić information content (AvgIpc) is 3.24. The molecule has 7 heteroatoms. The molecule has 0 saturated carbocycles. The number of aliphatic imine (C=N–C) groups is 1. The molecule has 1 aromatic heterocycles. The smallest absolute Gasteiger partial charge is 0.226 e. The standard InChI is InChI=1S/C24H30N4O3/c1-4-25-24(27-14-21(29)16-30-22-7-5-6-18(3)12-22)26-13-20-15-31-23(28-20)19-10-8-17(2)9-11-19/h5-12,15,21,29H,4,13-14,16H2,1-3H3,(H2,25,26,27). The number of aryl methyl sites for hydroxylation is 2. The van der Waals surface area contributed by atoms with Crippen LogP contribution in [0.4, 0.5) is 0 Å². The molecule has 0 saturated heterocycles. The molecule has 0 aliphatic rings. The number of rotatable bonds is 9. The van der Waals surface area contributed by atoms with E-state index >= 15 is 0 Å². The van der Waals surface area contributed by atoms with Crippen molar-refractivity contribution in [3.8, 4) is 17.2 Å². The van der Waals surface area contributed by atoms with Gasteiger partial charge < -0.3 is 24.9 Å². The molecule has 3 N–H and O–H groups in total. The zero-order valence-corrected chi connectivity index (χ0v) is 18.3. The van der Waals surface area contributed by atoms with Crippen molar-refractivity contribution >= 4 is 5.96 Å². The molecule has 31 heavy (non-hydrogen) atoms. The van der Waals surface area contributed by atoms with E-state index in [0.717, 1.165) is 22.6 Å². The van der Waals surface area contributed by atoms with Gasteiger partial charge in [0.2, 0.25) is 5.89 Å². The zero-order chi connectivity index (χ0) is 22.1. The van der Waals surface area contributed by atoms with Crippen molar-refractivity contribution in [1.29, 1.82) is 0 Å². The van der Waals surface area contributed by atoms with Gasteiger partial charge in [-0.3, -0.25) is 0 Å². The van der Waals surface area contributed by atoms with Crippen LogP contribution in [0.25, 0.3) is 11.5 Å². The molecule has 0 radical (unpaired) electrons. The summed E-state index contributed by atoms with van der Waals surface area (Å²) in [5.41, 5.74) is 3.97. The Morgan fingerprint density at radius 3 is 2.68 bits per heavy atom. The fraction of sp³-hybridized carbons (Fsp3) is 0.333. The molecule has 7 nitrogen and oxygen atoms in total. The Morgan fingerprint density at radius 1 is 1.13 bits per heavy atom. The number of guanidine groups is 1. The van der Waals surface area contributed by atoms with E-state index in [2.05, 4.69) is 20.6 Å². The fourth-order valence-electron chi connectivity index (χ4n) is 2.88. The Balaban J connectivity index is 1.51. The second-order valence-corrected chi connectivity index (χ2v) is 7.37. The maximum absolute atomic E-state index is 10.2. The van der Waals surface area contributed by atoms with E-state index in [9.17, 15) is 5.11 Å². The molecule has 3 rings (SSSR count). The maximum atomic E-state index is 10.2. The van der Waals surface area contributed by atoms with Crippen LogP contribution in [-0.2, 0) is 6.54 Å². The van der Waals surface area contributed by atoms with Crippen LogP contribution in [0.1, 0.15) is 23.7 Å². The highest BCUT2D eigenvalue weighted by atomic mass is 16.5. The van der Waals surface area contributed by atoms with Crippen LogP contribution in [0.3, 0.4) is 0 Å². The van der Waals surface area contributed by atoms with Crippen LogP contribution in [-0.4, -0.2) is 41.9 Å². The predicted molar refractivity (Wildman–Crippen MR) is 122 cm³/mol.